The maximum Gasteiger partial charge on any atom is 0.0698 e. The summed E-state index contributed by atoms with van der Waals surface area (Å²) in [6.07, 6.45) is 6.50. The fraction of sp³-hybridized carbons (Fsp3) is 0.455. The maximum absolute atomic E-state index is 2.79. The van der Waals surface area contributed by atoms with Gasteiger partial charge in [-0.2, -0.15) is 0 Å². The first-order chi connectivity index (χ1) is 11.3. The summed E-state index contributed by atoms with van der Waals surface area (Å²) in [4.78, 5) is 2.79. The van der Waals surface area contributed by atoms with Gasteiger partial charge in [0, 0.05) is 6.04 Å². The third-order valence-electron chi connectivity index (χ3n) is 6.00. The highest BCUT2D eigenvalue weighted by Gasteiger charge is 2.51. The summed E-state index contributed by atoms with van der Waals surface area (Å²) in [6, 6.07) is 18.8. The van der Waals surface area contributed by atoms with E-state index in [-0.39, 0.29) is 5.54 Å². The van der Waals surface area contributed by atoms with E-state index >= 15 is 0 Å². The Kier molecular flexibility index (Phi) is 3.77. The van der Waals surface area contributed by atoms with E-state index < -0.39 is 0 Å². The largest absolute Gasteiger partial charge is 0.283 e. The zero-order chi connectivity index (χ0) is 15.9. The van der Waals surface area contributed by atoms with E-state index in [4.69, 9.17) is 0 Å². The number of hydrogen-bond acceptors (Lipinski definition) is 1. The lowest BCUT2D eigenvalue weighted by Crippen LogP contribution is -2.45. The van der Waals surface area contributed by atoms with Crippen molar-refractivity contribution in [3.05, 3.63) is 70.8 Å². The molecule has 0 saturated heterocycles. The molecule has 0 radical (unpaired) electrons. The summed E-state index contributed by atoms with van der Waals surface area (Å²) in [5, 5.41) is 0. The maximum atomic E-state index is 2.79. The van der Waals surface area contributed by atoms with Gasteiger partial charge in [-0.25, -0.2) is 0 Å². The molecule has 0 spiro atoms. The van der Waals surface area contributed by atoms with E-state index in [1.165, 1.54) is 43.4 Å². The quantitative estimate of drug-likeness (QED) is 0.665. The summed E-state index contributed by atoms with van der Waals surface area (Å²) < 4.78 is 0. The molecule has 1 heteroatoms. The van der Waals surface area contributed by atoms with Gasteiger partial charge in [0.2, 0.25) is 0 Å². The molecule has 120 valence electrons. The van der Waals surface area contributed by atoms with Crippen molar-refractivity contribution in [1.82, 2.24) is 4.90 Å². The van der Waals surface area contributed by atoms with Crippen molar-refractivity contribution in [2.75, 3.05) is 6.54 Å². The van der Waals surface area contributed by atoms with Crippen molar-refractivity contribution in [2.24, 2.45) is 0 Å². The summed E-state index contributed by atoms with van der Waals surface area (Å²) in [6.45, 7) is 5.95. The summed E-state index contributed by atoms with van der Waals surface area (Å²) in [7, 11) is 0. The van der Waals surface area contributed by atoms with Crippen LogP contribution in [-0.2, 0) is 12.0 Å². The highest BCUT2D eigenvalue weighted by molar-refractivity contribution is 5.54. The number of fused-ring (bicyclic) bond motifs is 7. The van der Waals surface area contributed by atoms with Gasteiger partial charge in [0.25, 0.3) is 0 Å². The molecule has 2 aromatic carbocycles. The molecule has 2 aliphatic heterocycles. The number of nitrogens with zero attached hydrogens (tertiary/aromatic N) is 1. The standard InChI is InChI=1S/C22H27N/c1-3-4-5-10-15-23-21-16-17-11-6-8-13-19(17)22(23,2)20-14-9-7-12-18(20)21/h6-9,11-14,21H,3-5,10,15-16H2,1-2H3/t21-,22+/m1/s1. The summed E-state index contributed by atoms with van der Waals surface area (Å²) in [5.74, 6) is 0. The van der Waals surface area contributed by atoms with Crippen LogP contribution in [-0.4, -0.2) is 11.4 Å². The minimum absolute atomic E-state index is 0.0579. The van der Waals surface area contributed by atoms with E-state index in [1.54, 1.807) is 11.1 Å². The minimum atomic E-state index is 0.0579. The van der Waals surface area contributed by atoms with Gasteiger partial charge in [-0.3, -0.25) is 4.90 Å². The molecule has 2 aromatic rings. The highest BCUT2D eigenvalue weighted by Crippen LogP contribution is 2.55. The number of rotatable bonds is 5. The Labute approximate surface area is 140 Å². The van der Waals surface area contributed by atoms with Crippen LogP contribution in [0.4, 0.5) is 0 Å². The van der Waals surface area contributed by atoms with Crippen LogP contribution in [0.1, 0.15) is 67.8 Å². The van der Waals surface area contributed by atoms with Crippen LogP contribution in [0.15, 0.2) is 48.5 Å². The van der Waals surface area contributed by atoms with Crippen LogP contribution in [0, 0.1) is 0 Å². The Morgan fingerprint density at radius 1 is 0.957 bits per heavy atom. The lowest BCUT2D eigenvalue weighted by atomic mass is 9.80. The number of hydrogen-bond donors (Lipinski definition) is 0. The molecule has 2 bridgehead atoms. The fourth-order valence-electron chi connectivity index (χ4n) is 4.86. The van der Waals surface area contributed by atoms with Gasteiger partial charge in [-0.15, -0.1) is 0 Å². The first kappa shape index (κ1) is 15.0. The van der Waals surface area contributed by atoms with E-state index in [9.17, 15) is 0 Å². The Morgan fingerprint density at radius 2 is 1.70 bits per heavy atom. The van der Waals surface area contributed by atoms with Gasteiger partial charge in [-0.1, -0.05) is 74.7 Å². The third kappa shape index (κ3) is 2.17. The SMILES string of the molecule is CCCCCCN1[C@@H]2Cc3ccccc3[C@@]1(C)c1ccccc12. The van der Waals surface area contributed by atoms with Crippen molar-refractivity contribution < 1.29 is 0 Å². The smallest absolute Gasteiger partial charge is 0.0698 e. The van der Waals surface area contributed by atoms with Crippen molar-refractivity contribution in [1.29, 1.82) is 0 Å². The first-order valence-electron chi connectivity index (χ1n) is 9.21. The number of benzene rings is 2. The van der Waals surface area contributed by atoms with Crippen molar-refractivity contribution in [3.63, 3.8) is 0 Å². The predicted octanol–water partition coefficient (Wildman–Crippen LogP) is 5.44. The first-order valence-corrected chi connectivity index (χ1v) is 9.21. The van der Waals surface area contributed by atoms with Crippen LogP contribution in [0.5, 0.6) is 0 Å². The van der Waals surface area contributed by atoms with Crippen LogP contribution >= 0.6 is 0 Å². The Hall–Kier alpha value is -1.60. The monoisotopic (exact) mass is 305 g/mol. The second-order valence-corrected chi connectivity index (χ2v) is 7.29. The van der Waals surface area contributed by atoms with Gasteiger partial charge in [0.05, 0.1) is 5.54 Å². The van der Waals surface area contributed by atoms with E-state index in [0.717, 1.165) is 6.42 Å². The average Bonchev–Trinajstić information content (AvgIpc) is 2.76. The van der Waals surface area contributed by atoms with Gasteiger partial charge in [0.15, 0.2) is 0 Å². The van der Waals surface area contributed by atoms with Crippen LogP contribution < -0.4 is 0 Å². The fourth-order valence-corrected chi connectivity index (χ4v) is 4.86. The van der Waals surface area contributed by atoms with Gasteiger partial charge < -0.3 is 0 Å². The molecule has 23 heavy (non-hydrogen) atoms. The van der Waals surface area contributed by atoms with Gasteiger partial charge >= 0.3 is 0 Å². The lowest BCUT2D eigenvalue weighted by Gasteiger charge is -2.44. The average molecular weight is 305 g/mol. The number of unbranched alkanes of at least 4 members (excludes halogenated alkanes) is 3. The molecule has 2 atom stereocenters. The molecule has 2 aliphatic rings. The van der Waals surface area contributed by atoms with Crippen molar-refractivity contribution in [3.8, 4) is 0 Å². The molecule has 0 fully saturated rings. The molecule has 0 unspecified atom stereocenters. The third-order valence-corrected chi connectivity index (χ3v) is 6.00. The summed E-state index contributed by atoms with van der Waals surface area (Å²) >= 11 is 0. The molecule has 0 amide bonds. The molecule has 0 N–H and O–H groups in total. The second-order valence-electron chi connectivity index (χ2n) is 7.29. The molecule has 0 saturated carbocycles. The van der Waals surface area contributed by atoms with Gasteiger partial charge in [0.1, 0.15) is 0 Å². The molecule has 2 heterocycles. The molecular weight excluding hydrogens is 278 g/mol. The normalized spacial score (nSPS) is 25.2. The van der Waals surface area contributed by atoms with Crippen molar-refractivity contribution >= 4 is 0 Å². The molecular formula is C22H27N. The molecule has 0 aliphatic carbocycles. The Bertz CT molecular complexity index is 692. The molecule has 4 rings (SSSR count). The second kappa shape index (κ2) is 5.79. The Balaban J connectivity index is 1.76. The van der Waals surface area contributed by atoms with Gasteiger partial charge in [-0.05, 0) is 48.6 Å². The topological polar surface area (TPSA) is 3.24 Å². The Morgan fingerprint density at radius 3 is 2.52 bits per heavy atom. The van der Waals surface area contributed by atoms with Crippen molar-refractivity contribution in [2.45, 2.75) is 57.5 Å². The van der Waals surface area contributed by atoms with Crippen LogP contribution in [0.25, 0.3) is 0 Å². The summed E-state index contributed by atoms with van der Waals surface area (Å²) in [5.41, 5.74) is 6.22. The zero-order valence-corrected chi connectivity index (χ0v) is 14.4. The molecule has 0 aromatic heterocycles. The minimum Gasteiger partial charge on any atom is -0.283 e. The van der Waals surface area contributed by atoms with Crippen LogP contribution in [0.3, 0.4) is 0 Å². The van der Waals surface area contributed by atoms with E-state index in [2.05, 4.69) is 67.3 Å². The molecule has 1 nitrogen and oxygen atoms in total. The highest BCUT2D eigenvalue weighted by atomic mass is 15.3. The van der Waals surface area contributed by atoms with E-state index in [0.29, 0.717) is 6.04 Å². The van der Waals surface area contributed by atoms with Crippen LogP contribution in [0.2, 0.25) is 0 Å². The lowest BCUT2D eigenvalue weighted by molar-refractivity contribution is 0.0930. The predicted molar refractivity (Wildman–Crippen MR) is 96.6 cm³/mol. The zero-order valence-electron chi connectivity index (χ0n) is 14.4. The van der Waals surface area contributed by atoms with E-state index in [1.807, 2.05) is 0 Å².